The Hall–Kier alpha value is -2.93. The summed E-state index contributed by atoms with van der Waals surface area (Å²) in [4.78, 5) is 25.3. The summed E-state index contributed by atoms with van der Waals surface area (Å²) in [6.07, 6.45) is 12.3. The van der Waals surface area contributed by atoms with E-state index in [1.165, 1.54) is 39.2 Å². The summed E-state index contributed by atoms with van der Waals surface area (Å²) in [6, 6.07) is 8.30. The molecule has 0 saturated heterocycles. The number of aromatic nitrogens is 4. The van der Waals surface area contributed by atoms with Gasteiger partial charge in [-0.15, -0.1) is 0 Å². The lowest BCUT2D eigenvalue weighted by Gasteiger charge is -2.23. The topological polar surface area (TPSA) is 103 Å². The van der Waals surface area contributed by atoms with Crippen molar-refractivity contribution in [1.82, 2.24) is 19.3 Å². The second-order valence-electron chi connectivity index (χ2n) is 9.12. The quantitative estimate of drug-likeness (QED) is 0.166. The number of hydrogen-bond donors (Lipinski definition) is 2. The van der Waals surface area contributed by atoms with Gasteiger partial charge >= 0.3 is 5.97 Å². The van der Waals surface area contributed by atoms with E-state index in [2.05, 4.69) is 31.4 Å². The minimum absolute atomic E-state index is 0.140. The number of anilines is 3. The fourth-order valence-electron chi connectivity index (χ4n) is 4.44. The predicted octanol–water partition coefficient (Wildman–Crippen LogP) is 5.89. The molecule has 1 fully saturated rings. The van der Waals surface area contributed by atoms with Crippen LogP contribution in [-0.2, 0) is 9.53 Å². The zero-order valence-electron chi connectivity index (χ0n) is 21.3. The molecule has 1 atom stereocenters. The maximum absolute atomic E-state index is 11.1. The van der Waals surface area contributed by atoms with Crippen LogP contribution in [0.5, 0.6) is 5.75 Å². The minimum Gasteiger partial charge on any atom is -0.494 e. The molecule has 0 aliphatic heterocycles. The third-order valence-corrected chi connectivity index (χ3v) is 7.27. The molecule has 10 heteroatoms. The summed E-state index contributed by atoms with van der Waals surface area (Å²) in [5.74, 6) is 2.05. The lowest BCUT2D eigenvalue weighted by molar-refractivity contribution is -0.140. The van der Waals surface area contributed by atoms with Gasteiger partial charge in [-0.25, -0.2) is 4.98 Å². The SMILES string of the molecule is COC(=O)CCCCCCOc1ccc(Nc2nc(NC3CCCCC3)c3ncn(PC)c3n2)cc1. The fraction of sp³-hybridized carbons (Fsp3) is 0.538. The van der Waals surface area contributed by atoms with E-state index in [1.54, 1.807) is 0 Å². The number of carbonyl (C=O) groups is 1. The van der Waals surface area contributed by atoms with Gasteiger partial charge in [-0.05, 0) is 65.3 Å². The molecule has 1 saturated carbocycles. The Morgan fingerprint density at radius 3 is 2.61 bits per heavy atom. The second-order valence-corrected chi connectivity index (χ2v) is 10.1. The first-order chi connectivity index (χ1) is 17.7. The summed E-state index contributed by atoms with van der Waals surface area (Å²) >= 11 is 0. The van der Waals surface area contributed by atoms with Gasteiger partial charge in [0.05, 0.1) is 13.7 Å². The summed E-state index contributed by atoms with van der Waals surface area (Å²) in [6.45, 7) is 2.77. The van der Waals surface area contributed by atoms with E-state index in [9.17, 15) is 4.79 Å². The Kier molecular flexibility index (Phi) is 9.73. The Morgan fingerprint density at radius 2 is 1.86 bits per heavy atom. The normalized spacial score (nSPS) is 14.4. The first-order valence-electron chi connectivity index (χ1n) is 12.9. The van der Waals surface area contributed by atoms with Gasteiger partial charge in [-0.2, -0.15) is 9.97 Å². The van der Waals surface area contributed by atoms with Crippen molar-refractivity contribution in [3.05, 3.63) is 30.6 Å². The molecular weight excluding hydrogens is 475 g/mol. The largest absolute Gasteiger partial charge is 0.494 e. The standard InChI is InChI=1S/C26H37N6O3P/c1-34-22(33)12-8-3-4-9-17-35-21-15-13-20(14-16-21)29-26-30-24(28-19-10-6-5-7-11-19)23-25(31-26)32(36-2)18-27-23/h13-16,18-19,36H,3-12,17H2,1-2H3,(H2,28,29,30,31). The first-order valence-corrected chi connectivity index (χ1v) is 14.4. The van der Waals surface area contributed by atoms with E-state index in [-0.39, 0.29) is 5.97 Å². The molecule has 3 aromatic rings. The maximum atomic E-state index is 11.1. The number of fused-ring (bicyclic) bond motifs is 1. The molecule has 1 aliphatic carbocycles. The number of esters is 1. The number of hydrogen-bond acceptors (Lipinski definition) is 8. The lowest BCUT2D eigenvalue weighted by atomic mass is 9.95. The number of carbonyl (C=O) groups excluding carboxylic acids is 1. The van der Waals surface area contributed by atoms with Crippen LogP contribution in [0.4, 0.5) is 17.5 Å². The maximum Gasteiger partial charge on any atom is 0.305 e. The summed E-state index contributed by atoms with van der Waals surface area (Å²) in [5, 5.41) is 6.99. The molecule has 1 aromatic carbocycles. The number of methoxy groups -OCH3 is 1. The van der Waals surface area contributed by atoms with Crippen LogP contribution in [0.15, 0.2) is 30.6 Å². The molecule has 4 rings (SSSR count). The van der Waals surface area contributed by atoms with Gasteiger partial charge in [0.2, 0.25) is 5.95 Å². The smallest absolute Gasteiger partial charge is 0.305 e. The van der Waals surface area contributed by atoms with Gasteiger partial charge < -0.3 is 20.1 Å². The average Bonchev–Trinajstić information content (AvgIpc) is 3.33. The summed E-state index contributed by atoms with van der Waals surface area (Å²) < 4.78 is 12.6. The van der Waals surface area contributed by atoms with Crippen LogP contribution < -0.4 is 15.4 Å². The Labute approximate surface area is 214 Å². The van der Waals surface area contributed by atoms with E-state index in [0.717, 1.165) is 54.1 Å². The highest BCUT2D eigenvalue weighted by molar-refractivity contribution is 7.35. The Balaban J connectivity index is 1.33. The van der Waals surface area contributed by atoms with Gasteiger partial charge in [0.15, 0.2) is 17.0 Å². The average molecular weight is 513 g/mol. The van der Waals surface area contributed by atoms with Crippen molar-refractivity contribution in [2.45, 2.75) is 70.3 Å². The van der Waals surface area contributed by atoms with Crippen LogP contribution in [0, 0.1) is 0 Å². The molecule has 0 bridgehead atoms. The number of imidazole rings is 1. The van der Waals surface area contributed by atoms with Crippen LogP contribution in [0.1, 0.15) is 64.2 Å². The zero-order chi connectivity index (χ0) is 25.2. The van der Waals surface area contributed by atoms with Crippen molar-refractivity contribution in [2.24, 2.45) is 0 Å². The highest BCUT2D eigenvalue weighted by atomic mass is 31.1. The minimum atomic E-state index is -0.140. The summed E-state index contributed by atoms with van der Waals surface area (Å²) in [7, 11) is 1.97. The molecule has 2 N–H and O–H groups in total. The van der Waals surface area contributed by atoms with Crippen LogP contribution in [-0.4, -0.2) is 51.7 Å². The molecule has 0 radical (unpaired) electrons. The third-order valence-electron chi connectivity index (χ3n) is 6.47. The van der Waals surface area contributed by atoms with Crippen LogP contribution >= 0.6 is 8.73 Å². The molecular formula is C26H37N6O3P. The third kappa shape index (κ3) is 7.29. The molecule has 0 amide bonds. The van der Waals surface area contributed by atoms with Crippen molar-refractivity contribution in [1.29, 1.82) is 0 Å². The highest BCUT2D eigenvalue weighted by Gasteiger charge is 2.18. The van der Waals surface area contributed by atoms with E-state index in [0.29, 0.717) is 33.7 Å². The number of ether oxygens (including phenoxy) is 2. The molecule has 2 heterocycles. The Bertz CT molecular complexity index is 1110. The molecule has 1 aliphatic rings. The molecule has 36 heavy (non-hydrogen) atoms. The highest BCUT2D eigenvalue weighted by Crippen LogP contribution is 2.29. The summed E-state index contributed by atoms with van der Waals surface area (Å²) in [5.41, 5.74) is 2.57. The molecule has 194 valence electrons. The van der Waals surface area contributed by atoms with Gasteiger partial charge in [-0.1, -0.05) is 32.1 Å². The molecule has 1 unspecified atom stereocenters. The lowest BCUT2D eigenvalue weighted by Crippen LogP contribution is -2.23. The molecule has 0 spiro atoms. The Morgan fingerprint density at radius 1 is 1.08 bits per heavy atom. The zero-order valence-corrected chi connectivity index (χ0v) is 22.3. The van der Waals surface area contributed by atoms with Gasteiger partial charge in [-0.3, -0.25) is 9.13 Å². The number of unbranched alkanes of at least 4 members (excludes halogenated alkanes) is 3. The monoisotopic (exact) mass is 512 g/mol. The van der Waals surface area contributed by atoms with E-state index in [1.807, 2.05) is 30.6 Å². The second kappa shape index (κ2) is 13.4. The van der Waals surface area contributed by atoms with Crippen LogP contribution in [0.2, 0.25) is 0 Å². The van der Waals surface area contributed by atoms with Gasteiger partial charge in [0, 0.05) is 18.2 Å². The predicted molar refractivity (Wildman–Crippen MR) is 146 cm³/mol. The number of nitrogens with zero attached hydrogens (tertiary/aromatic N) is 4. The van der Waals surface area contributed by atoms with Gasteiger partial charge in [0.1, 0.15) is 12.1 Å². The van der Waals surface area contributed by atoms with Crippen molar-refractivity contribution in [3.8, 4) is 5.75 Å². The van der Waals surface area contributed by atoms with Gasteiger partial charge in [0.25, 0.3) is 0 Å². The van der Waals surface area contributed by atoms with Crippen molar-refractivity contribution >= 4 is 43.3 Å². The fourth-order valence-corrected chi connectivity index (χ4v) is 4.98. The number of benzene rings is 1. The number of rotatable bonds is 13. The van der Waals surface area contributed by atoms with Crippen molar-refractivity contribution in [2.75, 3.05) is 31.0 Å². The van der Waals surface area contributed by atoms with Crippen LogP contribution in [0.25, 0.3) is 11.2 Å². The van der Waals surface area contributed by atoms with Crippen LogP contribution in [0.3, 0.4) is 0 Å². The molecule has 9 nitrogen and oxygen atoms in total. The van der Waals surface area contributed by atoms with E-state index < -0.39 is 0 Å². The van der Waals surface area contributed by atoms with E-state index >= 15 is 0 Å². The number of nitrogens with one attached hydrogen (secondary N) is 2. The first kappa shape index (κ1) is 26.1. The van der Waals surface area contributed by atoms with E-state index in [4.69, 9.17) is 14.7 Å². The van der Waals surface area contributed by atoms with Crippen molar-refractivity contribution < 1.29 is 14.3 Å². The molecule has 2 aromatic heterocycles. The van der Waals surface area contributed by atoms with Crippen molar-refractivity contribution in [3.63, 3.8) is 0 Å².